The molecule has 0 spiro atoms. The topological polar surface area (TPSA) is 86.3 Å². The monoisotopic (exact) mass is 389 g/mol. The van der Waals surface area contributed by atoms with Crippen molar-refractivity contribution in [2.75, 3.05) is 4.90 Å². The van der Waals surface area contributed by atoms with Crippen molar-refractivity contribution in [3.8, 4) is 0 Å². The van der Waals surface area contributed by atoms with Crippen LogP contribution in [0.3, 0.4) is 0 Å². The van der Waals surface area contributed by atoms with Gasteiger partial charge < -0.3 is 10.0 Å². The number of nitrogens with zero attached hydrogens (tertiary/aromatic N) is 2. The zero-order valence-corrected chi connectivity index (χ0v) is 16.7. The Balaban J connectivity index is 1.69. The summed E-state index contributed by atoms with van der Waals surface area (Å²) in [6, 6.07) is 15.0. The maximum atomic E-state index is 13.3. The predicted molar refractivity (Wildman–Crippen MR) is 110 cm³/mol. The molecular formula is C23H23N3O3. The van der Waals surface area contributed by atoms with Gasteiger partial charge in [0.25, 0.3) is 5.91 Å². The zero-order chi connectivity index (χ0) is 20.8. The molecule has 2 aromatic carbocycles. The number of para-hydroxylation sites is 1. The van der Waals surface area contributed by atoms with E-state index in [0.29, 0.717) is 34.7 Å². The van der Waals surface area contributed by atoms with Crippen LogP contribution in [0.5, 0.6) is 0 Å². The maximum Gasteiger partial charge on any atom is 0.264 e. The number of anilines is 1. The Morgan fingerprint density at radius 3 is 2.45 bits per heavy atom. The van der Waals surface area contributed by atoms with E-state index < -0.39 is 11.5 Å². The van der Waals surface area contributed by atoms with Gasteiger partial charge >= 0.3 is 0 Å². The minimum absolute atomic E-state index is 0.309. The molecule has 29 heavy (non-hydrogen) atoms. The highest BCUT2D eigenvalue weighted by atomic mass is 16.3. The van der Waals surface area contributed by atoms with Gasteiger partial charge in [-0.3, -0.25) is 14.7 Å². The van der Waals surface area contributed by atoms with Crippen LogP contribution in [0.4, 0.5) is 5.69 Å². The summed E-state index contributed by atoms with van der Waals surface area (Å²) in [5.41, 5.74) is 2.91. The van der Waals surface area contributed by atoms with Crippen LogP contribution in [0, 0.1) is 20.8 Å². The van der Waals surface area contributed by atoms with Crippen molar-refractivity contribution in [3.05, 3.63) is 82.2 Å². The highest BCUT2D eigenvalue weighted by molar-refractivity contribution is 6.11. The first kappa shape index (κ1) is 19.1. The fourth-order valence-corrected chi connectivity index (χ4v) is 3.99. The Labute approximate surface area is 169 Å². The Kier molecular flexibility index (Phi) is 4.59. The number of nitrogens with one attached hydrogen (secondary N) is 1. The van der Waals surface area contributed by atoms with Crippen molar-refractivity contribution in [1.82, 2.24) is 10.2 Å². The van der Waals surface area contributed by atoms with Crippen LogP contribution in [-0.4, -0.2) is 27.0 Å². The standard InChI is InChI=1S/C23H23N3O3/c1-14-8-10-17(11-9-14)13-26-19-7-5-4-6-18(19)23(29,22(26)28)12-20(27)21-15(2)24-25-16(21)3/h4-11,29H,12-13H2,1-3H3,(H,24,25). The molecule has 0 radical (unpaired) electrons. The van der Waals surface area contributed by atoms with Crippen molar-refractivity contribution in [2.45, 2.75) is 39.3 Å². The molecular weight excluding hydrogens is 366 g/mol. The molecule has 1 amide bonds. The number of fused-ring (bicyclic) bond motifs is 1. The minimum atomic E-state index is -1.89. The summed E-state index contributed by atoms with van der Waals surface area (Å²) < 4.78 is 0. The number of aliphatic hydroxyl groups is 1. The summed E-state index contributed by atoms with van der Waals surface area (Å²) in [4.78, 5) is 27.9. The third kappa shape index (κ3) is 3.15. The lowest BCUT2D eigenvalue weighted by Gasteiger charge is -2.23. The van der Waals surface area contributed by atoms with E-state index in [1.165, 1.54) is 0 Å². The van der Waals surface area contributed by atoms with E-state index in [-0.39, 0.29) is 12.2 Å². The zero-order valence-electron chi connectivity index (χ0n) is 16.7. The van der Waals surface area contributed by atoms with Gasteiger partial charge in [-0.25, -0.2) is 0 Å². The minimum Gasteiger partial charge on any atom is -0.375 e. The van der Waals surface area contributed by atoms with Gasteiger partial charge in [0, 0.05) is 11.3 Å². The molecule has 1 atom stereocenters. The van der Waals surface area contributed by atoms with E-state index in [1.807, 2.05) is 37.3 Å². The molecule has 4 rings (SSSR count). The SMILES string of the molecule is Cc1ccc(CN2C(=O)C(O)(CC(=O)c3c(C)n[nH]c3C)c3ccccc32)cc1. The summed E-state index contributed by atoms with van der Waals surface area (Å²) in [5, 5.41) is 18.2. The van der Waals surface area contributed by atoms with E-state index >= 15 is 0 Å². The van der Waals surface area contributed by atoms with Crippen molar-refractivity contribution < 1.29 is 14.7 Å². The fraction of sp³-hybridized carbons (Fsp3) is 0.261. The number of benzene rings is 2. The lowest BCUT2D eigenvalue weighted by Crippen LogP contribution is -2.41. The van der Waals surface area contributed by atoms with Crippen molar-refractivity contribution >= 4 is 17.4 Å². The quantitative estimate of drug-likeness (QED) is 0.655. The molecule has 1 aromatic heterocycles. The van der Waals surface area contributed by atoms with E-state index in [4.69, 9.17) is 0 Å². The number of ketones is 1. The van der Waals surface area contributed by atoms with Crippen molar-refractivity contribution in [1.29, 1.82) is 0 Å². The number of aryl methyl sites for hydroxylation is 3. The van der Waals surface area contributed by atoms with Gasteiger partial charge in [-0.15, -0.1) is 0 Å². The molecule has 1 unspecified atom stereocenters. The Morgan fingerprint density at radius 2 is 1.79 bits per heavy atom. The number of hydrogen-bond acceptors (Lipinski definition) is 4. The smallest absolute Gasteiger partial charge is 0.264 e. The maximum absolute atomic E-state index is 13.3. The number of hydrogen-bond donors (Lipinski definition) is 2. The average Bonchev–Trinajstić information content (AvgIpc) is 3.14. The van der Waals surface area contributed by atoms with Gasteiger partial charge in [0.1, 0.15) is 0 Å². The predicted octanol–water partition coefficient (Wildman–Crippen LogP) is 3.34. The molecule has 1 aliphatic heterocycles. The van der Waals surface area contributed by atoms with Gasteiger partial charge in [-0.2, -0.15) is 5.10 Å². The van der Waals surface area contributed by atoms with Crippen LogP contribution in [0.2, 0.25) is 0 Å². The second-order valence-corrected chi connectivity index (χ2v) is 7.66. The number of amides is 1. The van der Waals surface area contributed by atoms with Gasteiger partial charge in [0.15, 0.2) is 11.4 Å². The summed E-state index contributed by atoms with van der Waals surface area (Å²) >= 11 is 0. The molecule has 0 fully saturated rings. The number of carbonyl (C=O) groups is 2. The van der Waals surface area contributed by atoms with Gasteiger partial charge in [0.05, 0.1) is 29.9 Å². The normalized spacial score (nSPS) is 18.2. The molecule has 148 valence electrons. The number of aromatic nitrogens is 2. The molecule has 0 bridgehead atoms. The molecule has 6 nitrogen and oxygen atoms in total. The molecule has 6 heteroatoms. The Morgan fingerprint density at radius 1 is 1.10 bits per heavy atom. The molecule has 0 aliphatic carbocycles. The summed E-state index contributed by atoms with van der Waals surface area (Å²) in [7, 11) is 0. The third-order valence-corrected chi connectivity index (χ3v) is 5.52. The second-order valence-electron chi connectivity index (χ2n) is 7.66. The van der Waals surface area contributed by atoms with Gasteiger partial charge in [0.2, 0.25) is 0 Å². The van der Waals surface area contributed by atoms with Crippen molar-refractivity contribution in [2.24, 2.45) is 0 Å². The highest BCUT2D eigenvalue weighted by Gasteiger charge is 2.51. The summed E-state index contributed by atoms with van der Waals surface area (Å²) in [6.07, 6.45) is -0.325. The molecule has 3 aromatic rings. The van der Waals surface area contributed by atoms with E-state index in [0.717, 1.165) is 11.1 Å². The van der Waals surface area contributed by atoms with Crippen LogP contribution >= 0.6 is 0 Å². The number of carbonyl (C=O) groups excluding carboxylic acids is 2. The molecule has 1 aliphatic rings. The first-order chi connectivity index (χ1) is 13.8. The van der Waals surface area contributed by atoms with Gasteiger partial charge in [-0.1, -0.05) is 48.0 Å². The Hall–Kier alpha value is -3.25. The second kappa shape index (κ2) is 6.97. The summed E-state index contributed by atoms with van der Waals surface area (Å²) in [5.74, 6) is -0.789. The van der Waals surface area contributed by atoms with E-state index in [1.54, 1.807) is 36.9 Å². The largest absolute Gasteiger partial charge is 0.375 e. The fourth-order valence-electron chi connectivity index (χ4n) is 3.99. The van der Waals surface area contributed by atoms with Crippen LogP contribution < -0.4 is 4.90 Å². The van der Waals surface area contributed by atoms with E-state index in [9.17, 15) is 14.7 Å². The van der Waals surface area contributed by atoms with Crippen LogP contribution in [0.15, 0.2) is 48.5 Å². The number of H-pyrrole nitrogens is 1. The first-order valence-corrected chi connectivity index (χ1v) is 9.55. The van der Waals surface area contributed by atoms with Gasteiger partial charge in [-0.05, 0) is 32.4 Å². The molecule has 0 saturated heterocycles. The Bertz CT molecular complexity index is 1080. The summed E-state index contributed by atoms with van der Waals surface area (Å²) in [6.45, 7) is 5.82. The lowest BCUT2D eigenvalue weighted by molar-refractivity contribution is -0.136. The average molecular weight is 389 g/mol. The molecule has 2 heterocycles. The van der Waals surface area contributed by atoms with E-state index in [2.05, 4.69) is 10.2 Å². The van der Waals surface area contributed by atoms with Crippen molar-refractivity contribution in [3.63, 3.8) is 0 Å². The molecule has 0 saturated carbocycles. The first-order valence-electron chi connectivity index (χ1n) is 9.55. The lowest BCUT2D eigenvalue weighted by atomic mass is 9.87. The van der Waals surface area contributed by atoms with Crippen LogP contribution in [-0.2, 0) is 16.9 Å². The number of Topliss-reactive ketones (excluding diaryl/α,β-unsaturated/α-hetero) is 1. The van der Waals surface area contributed by atoms with Crippen LogP contribution in [0.1, 0.15) is 44.9 Å². The van der Waals surface area contributed by atoms with Crippen LogP contribution in [0.25, 0.3) is 0 Å². The number of aromatic amines is 1. The number of rotatable bonds is 5. The highest BCUT2D eigenvalue weighted by Crippen LogP contribution is 2.43. The molecule has 2 N–H and O–H groups in total. The third-order valence-electron chi connectivity index (χ3n) is 5.52.